The van der Waals surface area contributed by atoms with Gasteiger partial charge in [-0.3, -0.25) is 0 Å². The monoisotopic (exact) mass is 425 g/mol. The van der Waals surface area contributed by atoms with Crippen molar-refractivity contribution in [3.8, 4) is 0 Å². The van der Waals surface area contributed by atoms with Crippen LogP contribution in [0.3, 0.4) is 0 Å². The molecule has 3 aromatic rings. The molecule has 5 nitrogen and oxygen atoms in total. The molecule has 0 spiro atoms. The van der Waals surface area contributed by atoms with Crippen molar-refractivity contribution in [2.24, 2.45) is 5.14 Å². The number of aryl methyl sites for hydroxylation is 1. The Bertz CT molecular complexity index is 1000. The molecule has 0 aliphatic rings. The Morgan fingerprint density at radius 2 is 2.04 bits per heavy atom. The van der Waals surface area contributed by atoms with Gasteiger partial charge >= 0.3 is 0 Å². The number of aromatic nitrogens is 2. The lowest BCUT2D eigenvalue weighted by atomic mass is 10.2. The van der Waals surface area contributed by atoms with E-state index in [-0.39, 0.29) is 4.90 Å². The largest absolute Gasteiger partial charge is 0.319 e. The number of halogens is 1. The second kappa shape index (κ2) is 6.87. The molecule has 0 saturated heterocycles. The van der Waals surface area contributed by atoms with Crippen molar-refractivity contribution in [3.05, 3.63) is 52.5 Å². The Morgan fingerprint density at radius 1 is 1.25 bits per heavy atom. The number of rotatable bonds is 5. The Kier molecular flexibility index (Phi) is 5.00. The molecular weight excluding hydrogens is 410 g/mol. The Balaban J connectivity index is 1.95. The van der Waals surface area contributed by atoms with Crippen molar-refractivity contribution in [2.45, 2.75) is 29.3 Å². The van der Waals surface area contributed by atoms with Gasteiger partial charge in [0.2, 0.25) is 10.0 Å². The van der Waals surface area contributed by atoms with Crippen molar-refractivity contribution in [2.75, 3.05) is 0 Å². The van der Waals surface area contributed by atoms with Crippen LogP contribution in [-0.2, 0) is 22.3 Å². The molecule has 0 aliphatic carbocycles. The van der Waals surface area contributed by atoms with Crippen molar-refractivity contribution < 1.29 is 8.42 Å². The van der Waals surface area contributed by atoms with E-state index >= 15 is 0 Å². The minimum absolute atomic E-state index is 0.0827. The molecule has 1 aromatic heterocycles. The van der Waals surface area contributed by atoms with E-state index < -0.39 is 10.0 Å². The number of primary sulfonamides is 1. The second-order valence-electron chi connectivity index (χ2n) is 5.25. The summed E-state index contributed by atoms with van der Waals surface area (Å²) < 4.78 is 26.1. The van der Waals surface area contributed by atoms with Crippen LogP contribution >= 0.6 is 27.7 Å². The van der Waals surface area contributed by atoms with E-state index in [1.165, 1.54) is 17.7 Å². The predicted molar refractivity (Wildman–Crippen MR) is 100 cm³/mol. The lowest BCUT2D eigenvalue weighted by molar-refractivity contribution is 0.598. The molecule has 0 radical (unpaired) electrons. The van der Waals surface area contributed by atoms with Crippen molar-refractivity contribution in [1.29, 1.82) is 0 Å². The molecule has 3 rings (SSSR count). The molecule has 24 heavy (non-hydrogen) atoms. The van der Waals surface area contributed by atoms with Crippen molar-refractivity contribution in [1.82, 2.24) is 9.55 Å². The highest BCUT2D eigenvalue weighted by Gasteiger charge is 2.14. The van der Waals surface area contributed by atoms with Gasteiger partial charge in [0.1, 0.15) is 0 Å². The lowest BCUT2D eigenvalue weighted by Crippen LogP contribution is -2.11. The zero-order chi connectivity index (χ0) is 17.3. The molecule has 0 amide bonds. The van der Waals surface area contributed by atoms with Crippen molar-refractivity contribution >= 4 is 48.7 Å². The quantitative estimate of drug-likeness (QED) is 0.631. The molecular formula is C16H16BrN3O2S2. The molecule has 0 saturated carbocycles. The normalized spacial score (nSPS) is 12.0. The maximum absolute atomic E-state index is 11.5. The summed E-state index contributed by atoms with van der Waals surface area (Å²) >= 11 is 5.10. The third-order valence-corrected chi connectivity index (χ3v) is 6.04. The van der Waals surface area contributed by atoms with Gasteiger partial charge in [-0.1, -0.05) is 39.8 Å². The van der Waals surface area contributed by atoms with E-state index in [2.05, 4.69) is 37.6 Å². The Hall–Kier alpha value is -1.35. The molecule has 0 atom stereocenters. The third-order valence-electron chi connectivity index (χ3n) is 3.59. The number of nitrogens with zero attached hydrogens (tertiary/aromatic N) is 2. The summed E-state index contributed by atoms with van der Waals surface area (Å²) in [6, 6.07) is 12.9. The fourth-order valence-corrected chi connectivity index (χ4v) is 4.46. The number of hydrogen-bond acceptors (Lipinski definition) is 4. The SMILES string of the molecule is CCn1c(SCc2cccc(Br)c2)nc2cc(S(N)(=O)=O)ccc21. The van der Waals surface area contributed by atoms with E-state index in [0.29, 0.717) is 5.52 Å². The number of sulfonamides is 1. The van der Waals surface area contributed by atoms with Crippen molar-refractivity contribution in [3.63, 3.8) is 0 Å². The number of thioether (sulfide) groups is 1. The number of nitrogens with two attached hydrogens (primary N) is 1. The minimum atomic E-state index is -3.73. The molecule has 2 N–H and O–H groups in total. The molecule has 126 valence electrons. The maximum atomic E-state index is 11.5. The first-order valence-electron chi connectivity index (χ1n) is 7.29. The third kappa shape index (κ3) is 3.66. The van der Waals surface area contributed by atoms with Gasteiger partial charge in [-0.2, -0.15) is 0 Å². The smallest absolute Gasteiger partial charge is 0.238 e. The number of fused-ring (bicyclic) bond motifs is 1. The summed E-state index contributed by atoms with van der Waals surface area (Å²) in [5.41, 5.74) is 2.73. The lowest BCUT2D eigenvalue weighted by Gasteiger charge is -2.06. The Labute approximate surface area is 153 Å². The second-order valence-corrected chi connectivity index (χ2v) is 8.67. The summed E-state index contributed by atoms with van der Waals surface area (Å²) in [5, 5.41) is 6.06. The van der Waals surface area contributed by atoms with Gasteiger partial charge in [0.25, 0.3) is 0 Å². The average Bonchev–Trinajstić information content (AvgIpc) is 2.88. The highest BCUT2D eigenvalue weighted by atomic mass is 79.9. The molecule has 2 aromatic carbocycles. The molecule has 0 bridgehead atoms. The van der Waals surface area contributed by atoms with Gasteiger partial charge in [-0.05, 0) is 42.8 Å². The van der Waals surface area contributed by atoms with Crippen LogP contribution < -0.4 is 5.14 Å². The fourth-order valence-electron chi connectivity index (χ4n) is 2.45. The van der Waals surface area contributed by atoms with Gasteiger partial charge < -0.3 is 4.57 Å². The van der Waals surface area contributed by atoms with Gasteiger partial charge in [0.15, 0.2) is 5.16 Å². The molecule has 0 fully saturated rings. The summed E-state index contributed by atoms with van der Waals surface area (Å²) in [5.74, 6) is 0.783. The summed E-state index contributed by atoms with van der Waals surface area (Å²) in [6.07, 6.45) is 0. The predicted octanol–water partition coefficient (Wildman–Crippen LogP) is 3.76. The first-order valence-corrected chi connectivity index (χ1v) is 10.6. The topological polar surface area (TPSA) is 78.0 Å². The first kappa shape index (κ1) is 17.5. The maximum Gasteiger partial charge on any atom is 0.238 e. The van der Waals surface area contributed by atoms with E-state index in [0.717, 1.165) is 27.4 Å². The van der Waals surface area contributed by atoms with Crippen LogP contribution in [0.5, 0.6) is 0 Å². The highest BCUT2D eigenvalue weighted by Crippen LogP contribution is 2.28. The number of hydrogen-bond donors (Lipinski definition) is 1. The standard InChI is InChI=1S/C16H16BrN3O2S2/c1-2-20-15-7-6-13(24(18,21)22)9-14(15)19-16(20)23-10-11-4-3-5-12(17)8-11/h3-9H,2,10H2,1H3,(H2,18,21,22). The molecule has 0 unspecified atom stereocenters. The van der Waals surface area contributed by atoms with Crippen LogP contribution in [0, 0.1) is 0 Å². The van der Waals surface area contributed by atoms with Crippen LogP contribution in [0.25, 0.3) is 11.0 Å². The minimum Gasteiger partial charge on any atom is -0.319 e. The number of benzene rings is 2. The first-order chi connectivity index (χ1) is 11.4. The van der Waals surface area contributed by atoms with E-state index in [4.69, 9.17) is 5.14 Å². The fraction of sp³-hybridized carbons (Fsp3) is 0.188. The van der Waals surface area contributed by atoms with Gasteiger partial charge in [-0.15, -0.1) is 0 Å². The Morgan fingerprint density at radius 3 is 2.71 bits per heavy atom. The zero-order valence-corrected chi connectivity index (χ0v) is 16.2. The highest BCUT2D eigenvalue weighted by molar-refractivity contribution is 9.10. The van der Waals surface area contributed by atoms with E-state index in [1.807, 2.05) is 19.1 Å². The summed E-state index contributed by atoms with van der Waals surface area (Å²) in [6.45, 7) is 2.80. The van der Waals surface area contributed by atoms with Crippen LogP contribution in [0.15, 0.2) is 57.0 Å². The van der Waals surface area contributed by atoms with Gasteiger partial charge in [0, 0.05) is 16.8 Å². The van der Waals surface area contributed by atoms with E-state index in [9.17, 15) is 8.42 Å². The van der Waals surface area contributed by atoms with Crippen LogP contribution in [-0.4, -0.2) is 18.0 Å². The van der Waals surface area contributed by atoms with Crippen LogP contribution in [0.4, 0.5) is 0 Å². The van der Waals surface area contributed by atoms with Crippen LogP contribution in [0.1, 0.15) is 12.5 Å². The average molecular weight is 426 g/mol. The zero-order valence-electron chi connectivity index (χ0n) is 12.9. The molecule has 0 aliphatic heterocycles. The van der Waals surface area contributed by atoms with Gasteiger partial charge in [-0.25, -0.2) is 18.5 Å². The van der Waals surface area contributed by atoms with Gasteiger partial charge in [0.05, 0.1) is 15.9 Å². The van der Waals surface area contributed by atoms with Crippen LogP contribution in [0.2, 0.25) is 0 Å². The number of imidazole rings is 1. The summed E-state index contributed by atoms with van der Waals surface area (Å²) in [7, 11) is -3.73. The summed E-state index contributed by atoms with van der Waals surface area (Å²) in [4.78, 5) is 4.67. The molecule has 8 heteroatoms. The molecule has 1 heterocycles. The van der Waals surface area contributed by atoms with E-state index in [1.54, 1.807) is 17.8 Å².